The molecule has 3 aromatic heterocycles. The average molecular weight is 331 g/mol. The van der Waals surface area contributed by atoms with Crippen LogP contribution in [0.2, 0.25) is 0 Å². The van der Waals surface area contributed by atoms with Crippen molar-refractivity contribution in [3.8, 4) is 0 Å². The number of aromatic nitrogens is 4. The van der Waals surface area contributed by atoms with Crippen molar-refractivity contribution in [1.29, 1.82) is 0 Å². The number of rotatable bonds is 5. The van der Waals surface area contributed by atoms with E-state index in [0.29, 0.717) is 6.61 Å². The summed E-state index contributed by atoms with van der Waals surface area (Å²) in [6, 6.07) is 0. The summed E-state index contributed by atoms with van der Waals surface area (Å²) >= 11 is 1.65. The fourth-order valence-electron chi connectivity index (χ4n) is 2.67. The maximum absolute atomic E-state index is 5.15. The molecule has 23 heavy (non-hydrogen) atoms. The lowest BCUT2D eigenvalue weighted by molar-refractivity contribution is 0.182. The topological polar surface area (TPSA) is 64.9 Å². The molecular weight excluding hydrogens is 310 g/mol. The number of aryl methyl sites for hydroxylation is 3. The van der Waals surface area contributed by atoms with Gasteiger partial charge in [-0.05, 0) is 38.6 Å². The minimum Gasteiger partial charge on any atom is -0.383 e. The molecule has 1 N–H and O–H groups in total. The monoisotopic (exact) mass is 331 g/mol. The lowest BCUT2D eigenvalue weighted by atomic mass is 10.2. The van der Waals surface area contributed by atoms with E-state index in [4.69, 9.17) is 4.74 Å². The van der Waals surface area contributed by atoms with Crippen molar-refractivity contribution in [3.05, 3.63) is 28.2 Å². The molecule has 0 spiro atoms. The molecule has 0 saturated heterocycles. The first kappa shape index (κ1) is 15.9. The smallest absolute Gasteiger partial charge is 0.143 e. The molecule has 3 rings (SSSR count). The Hall–Kier alpha value is -1.99. The maximum Gasteiger partial charge on any atom is 0.143 e. The third-order valence-corrected chi connectivity index (χ3v) is 4.85. The lowest BCUT2D eigenvalue weighted by Gasteiger charge is -2.09. The standard InChI is InChI=1S/C16H21N5OS/c1-9-8-23-16-13(9)15(17-12(4)18-16)19-14-10(2)20-21(11(14)3)6-7-22-5/h8H,6-7H2,1-5H3,(H,17,18,19). The van der Waals surface area contributed by atoms with Crippen molar-refractivity contribution >= 4 is 33.1 Å². The molecule has 122 valence electrons. The fraction of sp³-hybridized carbons (Fsp3) is 0.438. The van der Waals surface area contributed by atoms with E-state index in [1.165, 1.54) is 5.56 Å². The van der Waals surface area contributed by atoms with Crippen LogP contribution in [0.4, 0.5) is 11.5 Å². The summed E-state index contributed by atoms with van der Waals surface area (Å²) in [7, 11) is 1.70. The van der Waals surface area contributed by atoms with Crippen LogP contribution in [-0.4, -0.2) is 33.5 Å². The molecule has 0 atom stereocenters. The maximum atomic E-state index is 5.15. The molecule has 6 nitrogen and oxygen atoms in total. The van der Waals surface area contributed by atoms with Crippen LogP contribution in [0, 0.1) is 27.7 Å². The highest BCUT2D eigenvalue weighted by molar-refractivity contribution is 7.17. The van der Waals surface area contributed by atoms with Crippen molar-refractivity contribution in [2.75, 3.05) is 19.0 Å². The fourth-order valence-corrected chi connectivity index (χ4v) is 3.64. The summed E-state index contributed by atoms with van der Waals surface area (Å²) < 4.78 is 7.11. The number of fused-ring (bicyclic) bond motifs is 1. The number of ether oxygens (including phenoxy) is 1. The van der Waals surface area contributed by atoms with Crippen molar-refractivity contribution in [2.45, 2.75) is 34.2 Å². The van der Waals surface area contributed by atoms with Gasteiger partial charge in [0.05, 0.1) is 35.6 Å². The molecule has 7 heteroatoms. The normalized spacial score (nSPS) is 11.3. The number of hydrogen-bond acceptors (Lipinski definition) is 6. The van der Waals surface area contributed by atoms with Crippen molar-refractivity contribution in [3.63, 3.8) is 0 Å². The largest absolute Gasteiger partial charge is 0.383 e. The van der Waals surface area contributed by atoms with Crippen LogP contribution in [0.1, 0.15) is 22.8 Å². The molecule has 0 aliphatic rings. The number of nitrogens with one attached hydrogen (secondary N) is 1. The summed E-state index contributed by atoms with van der Waals surface area (Å²) in [5.41, 5.74) is 4.23. The molecule has 0 fully saturated rings. The second-order valence-electron chi connectivity index (χ2n) is 5.61. The number of hydrogen-bond donors (Lipinski definition) is 1. The first-order valence-electron chi connectivity index (χ1n) is 7.53. The predicted octanol–water partition coefficient (Wildman–Crippen LogP) is 3.51. The molecule has 0 unspecified atom stereocenters. The van der Waals surface area contributed by atoms with Gasteiger partial charge in [0.25, 0.3) is 0 Å². The van der Waals surface area contributed by atoms with E-state index >= 15 is 0 Å². The molecule has 0 aliphatic carbocycles. The van der Waals surface area contributed by atoms with E-state index < -0.39 is 0 Å². The van der Waals surface area contributed by atoms with Crippen LogP contribution in [0.15, 0.2) is 5.38 Å². The predicted molar refractivity (Wildman–Crippen MR) is 93.7 cm³/mol. The van der Waals surface area contributed by atoms with Crippen molar-refractivity contribution < 1.29 is 4.74 Å². The van der Waals surface area contributed by atoms with E-state index in [-0.39, 0.29) is 0 Å². The Morgan fingerprint density at radius 1 is 1.22 bits per heavy atom. The molecule has 0 aromatic carbocycles. The quantitative estimate of drug-likeness (QED) is 0.775. The van der Waals surface area contributed by atoms with Crippen molar-refractivity contribution in [1.82, 2.24) is 19.7 Å². The highest BCUT2D eigenvalue weighted by atomic mass is 32.1. The molecule has 0 bridgehead atoms. The Morgan fingerprint density at radius 2 is 2.00 bits per heavy atom. The Balaban J connectivity index is 2.02. The zero-order valence-corrected chi connectivity index (χ0v) is 14.9. The van der Waals surface area contributed by atoms with Gasteiger partial charge < -0.3 is 10.1 Å². The van der Waals surface area contributed by atoms with Gasteiger partial charge in [-0.1, -0.05) is 0 Å². The SMILES string of the molecule is COCCn1nc(C)c(Nc2nc(C)nc3scc(C)c23)c1C. The average Bonchev–Trinajstić information content (AvgIpc) is 3.00. The number of nitrogens with zero attached hydrogens (tertiary/aromatic N) is 4. The summed E-state index contributed by atoms with van der Waals surface area (Å²) in [6.45, 7) is 9.45. The van der Waals surface area contributed by atoms with Crippen LogP contribution < -0.4 is 5.32 Å². The zero-order chi connectivity index (χ0) is 16.6. The van der Waals surface area contributed by atoms with E-state index in [1.807, 2.05) is 18.5 Å². The lowest BCUT2D eigenvalue weighted by Crippen LogP contribution is -2.08. The first-order valence-corrected chi connectivity index (χ1v) is 8.41. The van der Waals surface area contributed by atoms with Gasteiger partial charge in [-0.3, -0.25) is 4.68 Å². The van der Waals surface area contributed by atoms with E-state index in [9.17, 15) is 0 Å². The molecule has 0 saturated carbocycles. The van der Waals surface area contributed by atoms with Gasteiger partial charge in [-0.2, -0.15) is 5.10 Å². The zero-order valence-electron chi connectivity index (χ0n) is 14.1. The number of anilines is 2. The van der Waals surface area contributed by atoms with Crippen LogP contribution in [0.3, 0.4) is 0 Å². The van der Waals surface area contributed by atoms with Crippen LogP contribution in [0.5, 0.6) is 0 Å². The third-order valence-electron chi connectivity index (χ3n) is 3.86. The molecular formula is C16H21N5OS. The summed E-state index contributed by atoms with van der Waals surface area (Å²) in [6.07, 6.45) is 0. The van der Waals surface area contributed by atoms with E-state index in [0.717, 1.165) is 45.5 Å². The summed E-state index contributed by atoms with van der Waals surface area (Å²) in [5, 5.41) is 11.3. The summed E-state index contributed by atoms with van der Waals surface area (Å²) in [5.74, 6) is 1.62. The molecule has 3 aromatic rings. The van der Waals surface area contributed by atoms with E-state index in [1.54, 1.807) is 18.4 Å². The van der Waals surface area contributed by atoms with Gasteiger partial charge in [0, 0.05) is 7.11 Å². The molecule has 0 aliphatic heterocycles. The van der Waals surface area contributed by atoms with Crippen molar-refractivity contribution in [2.24, 2.45) is 0 Å². The highest BCUT2D eigenvalue weighted by Gasteiger charge is 2.16. The minimum atomic E-state index is 0.641. The second-order valence-corrected chi connectivity index (χ2v) is 6.46. The van der Waals surface area contributed by atoms with Gasteiger partial charge in [-0.15, -0.1) is 11.3 Å². The summed E-state index contributed by atoms with van der Waals surface area (Å²) in [4.78, 5) is 10.1. The molecule has 3 heterocycles. The third kappa shape index (κ3) is 2.94. The Kier molecular flexibility index (Phi) is 4.32. The minimum absolute atomic E-state index is 0.641. The van der Waals surface area contributed by atoms with Gasteiger partial charge in [0.1, 0.15) is 16.5 Å². The van der Waals surface area contributed by atoms with E-state index in [2.05, 4.69) is 39.6 Å². The van der Waals surface area contributed by atoms with Crippen LogP contribution in [-0.2, 0) is 11.3 Å². The second kappa shape index (κ2) is 6.25. The first-order chi connectivity index (χ1) is 11.0. The van der Waals surface area contributed by atoms with Crippen LogP contribution in [0.25, 0.3) is 10.2 Å². The number of methoxy groups -OCH3 is 1. The van der Waals surface area contributed by atoms with Gasteiger partial charge in [0.15, 0.2) is 0 Å². The Bertz CT molecular complexity index is 852. The van der Waals surface area contributed by atoms with Gasteiger partial charge in [0.2, 0.25) is 0 Å². The molecule has 0 radical (unpaired) electrons. The Morgan fingerprint density at radius 3 is 2.74 bits per heavy atom. The number of thiophene rings is 1. The highest BCUT2D eigenvalue weighted by Crippen LogP contribution is 2.32. The van der Waals surface area contributed by atoms with Gasteiger partial charge in [-0.25, -0.2) is 9.97 Å². The molecule has 0 amide bonds. The van der Waals surface area contributed by atoms with Gasteiger partial charge >= 0.3 is 0 Å². The van der Waals surface area contributed by atoms with Crippen LogP contribution >= 0.6 is 11.3 Å². The Labute approximate surface area is 139 Å².